The fourth-order valence-electron chi connectivity index (χ4n) is 1.68. The van der Waals surface area contributed by atoms with Crippen LogP contribution in [0, 0.1) is 0 Å². The van der Waals surface area contributed by atoms with Gasteiger partial charge in [0.1, 0.15) is 6.21 Å². The zero-order valence-corrected chi connectivity index (χ0v) is 9.12. The minimum absolute atomic E-state index is 1.02. The summed E-state index contributed by atoms with van der Waals surface area (Å²) >= 11 is 0. The highest BCUT2D eigenvalue weighted by Gasteiger charge is 2.15. The summed E-state index contributed by atoms with van der Waals surface area (Å²) in [4.78, 5) is 11.1. The van der Waals surface area contributed by atoms with Crippen LogP contribution in [-0.4, -0.2) is 27.0 Å². The molecule has 0 unspecified atom stereocenters. The third-order valence-electron chi connectivity index (χ3n) is 2.52. The predicted molar refractivity (Wildman–Crippen MR) is 68.1 cm³/mol. The smallest absolute Gasteiger partial charge is 0.327 e. The topological polar surface area (TPSA) is 44.0 Å². The van der Waals surface area contributed by atoms with E-state index < -0.39 is 0 Å². The van der Waals surface area contributed by atoms with E-state index in [1.54, 1.807) is 12.5 Å². The highest BCUT2D eigenvalue weighted by Crippen LogP contribution is 2.08. The van der Waals surface area contributed by atoms with E-state index in [1.165, 1.54) is 0 Å². The second-order valence-corrected chi connectivity index (χ2v) is 3.62. The molecule has 2 aliphatic rings. The minimum atomic E-state index is 1.02. The quantitative estimate of drug-likeness (QED) is 0.683. The number of nitrogens with zero attached hydrogens (tertiary/aromatic N) is 3. The van der Waals surface area contributed by atoms with Gasteiger partial charge in [-0.15, -0.1) is 0 Å². The van der Waals surface area contributed by atoms with E-state index in [2.05, 4.69) is 15.0 Å². The number of aromatic nitrogens is 2. The molecule has 1 aromatic carbocycles. The molecule has 0 spiro atoms. The van der Waals surface area contributed by atoms with Crippen molar-refractivity contribution in [1.82, 2.24) is 9.97 Å². The van der Waals surface area contributed by atoms with Crippen LogP contribution in [0.1, 0.15) is 0 Å². The van der Waals surface area contributed by atoms with Crippen LogP contribution in [0.2, 0.25) is 0 Å². The fraction of sp³-hybridized carbons (Fsp3) is 0. The Labute approximate surface area is 98.3 Å². The van der Waals surface area contributed by atoms with Crippen molar-refractivity contribution in [2.75, 3.05) is 0 Å². The van der Waals surface area contributed by atoms with E-state index in [0.29, 0.717) is 0 Å². The number of imidazole rings is 1. The number of benzene rings is 1. The summed E-state index contributed by atoms with van der Waals surface area (Å²) in [7, 11) is 0. The van der Waals surface area contributed by atoms with Crippen LogP contribution in [-0.2, 0) is 0 Å². The minimum Gasteiger partial charge on any atom is -0.345 e. The number of rotatable bonds is 0. The molecule has 2 aliphatic heterocycles. The van der Waals surface area contributed by atoms with E-state index in [-0.39, 0.29) is 0 Å². The average Bonchev–Trinajstić information content (AvgIpc) is 3.06. The van der Waals surface area contributed by atoms with Gasteiger partial charge in [0.2, 0.25) is 0 Å². The lowest BCUT2D eigenvalue weighted by Crippen LogP contribution is -1.92. The summed E-state index contributed by atoms with van der Waals surface area (Å²) in [6.07, 6.45) is 11.3. The Hall–Kier alpha value is -2.49. The summed E-state index contributed by atoms with van der Waals surface area (Å²) in [5, 5.41) is 0. The molecule has 0 bridgehead atoms. The monoisotopic (exact) mass is 223 g/mol. The van der Waals surface area contributed by atoms with Crippen LogP contribution in [0.5, 0.6) is 0 Å². The standard InChI is InChI=1S/C7H6N2.C6H5N2/c1-2-4-7-6(3-1)8-5-9-7;1-2-6-7-3-5-8(6)4-1/h1-5H,(H,8,9);1-5H/q;+1. The number of H-pyrrole nitrogens is 1. The third kappa shape index (κ3) is 1.92. The fourth-order valence-corrected chi connectivity index (χ4v) is 1.68. The van der Waals surface area contributed by atoms with Crippen LogP contribution in [0.4, 0.5) is 0 Å². The normalized spacial score (nSPS) is 15.3. The van der Waals surface area contributed by atoms with Gasteiger partial charge in [-0.25, -0.2) is 4.98 Å². The molecule has 0 amide bonds. The van der Waals surface area contributed by atoms with Crippen molar-refractivity contribution in [3.63, 3.8) is 0 Å². The van der Waals surface area contributed by atoms with Gasteiger partial charge in [-0.1, -0.05) is 12.1 Å². The van der Waals surface area contributed by atoms with E-state index in [1.807, 2.05) is 53.4 Å². The molecular weight excluding hydrogens is 212 g/mol. The van der Waals surface area contributed by atoms with Crippen molar-refractivity contribution in [3.8, 4) is 0 Å². The molecular formula is C13H11N4+. The van der Waals surface area contributed by atoms with E-state index in [9.17, 15) is 0 Å². The summed E-state index contributed by atoms with van der Waals surface area (Å²) in [6.45, 7) is 0. The lowest BCUT2D eigenvalue weighted by atomic mass is 10.3. The summed E-state index contributed by atoms with van der Waals surface area (Å²) in [5.74, 6) is 1.02. The first-order valence-corrected chi connectivity index (χ1v) is 5.36. The van der Waals surface area contributed by atoms with Gasteiger partial charge < -0.3 is 4.98 Å². The number of aliphatic imine (C=N–C) groups is 1. The molecule has 0 fully saturated rings. The van der Waals surface area contributed by atoms with Gasteiger partial charge in [-0.2, -0.15) is 4.58 Å². The van der Waals surface area contributed by atoms with Gasteiger partial charge in [0.25, 0.3) is 0 Å². The molecule has 4 nitrogen and oxygen atoms in total. The van der Waals surface area contributed by atoms with Gasteiger partial charge in [0, 0.05) is 6.08 Å². The average molecular weight is 223 g/mol. The maximum Gasteiger partial charge on any atom is 0.327 e. The van der Waals surface area contributed by atoms with Crippen molar-refractivity contribution in [2.45, 2.75) is 0 Å². The van der Waals surface area contributed by atoms with Gasteiger partial charge in [0.15, 0.2) is 6.21 Å². The Bertz CT molecular complexity index is 603. The first kappa shape index (κ1) is 9.72. The van der Waals surface area contributed by atoms with E-state index in [0.717, 1.165) is 16.9 Å². The number of allylic oxidation sites excluding steroid dienone is 2. The third-order valence-corrected chi connectivity index (χ3v) is 2.52. The molecule has 3 heterocycles. The Morgan fingerprint density at radius 2 is 2.12 bits per heavy atom. The van der Waals surface area contributed by atoms with Gasteiger partial charge in [0.05, 0.1) is 23.6 Å². The molecule has 0 saturated carbocycles. The number of nitrogens with one attached hydrogen (secondary N) is 1. The van der Waals surface area contributed by atoms with Gasteiger partial charge in [-0.3, -0.25) is 0 Å². The Balaban J connectivity index is 0.000000107. The van der Waals surface area contributed by atoms with Crippen molar-refractivity contribution in [3.05, 3.63) is 54.8 Å². The number of para-hydroxylation sites is 2. The van der Waals surface area contributed by atoms with Crippen LogP contribution < -0.4 is 0 Å². The van der Waals surface area contributed by atoms with Crippen molar-refractivity contribution >= 4 is 23.5 Å². The highest BCUT2D eigenvalue weighted by molar-refractivity contribution is 6.15. The molecule has 1 N–H and O–H groups in total. The van der Waals surface area contributed by atoms with Gasteiger partial charge >= 0.3 is 5.82 Å². The molecule has 0 aliphatic carbocycles. The number of hydrogen-bond acceptors (Lipinski definition) is 2. The first-order valence-electron chi connectivity index (χ1n) is 5.36. The predicted octanol–water partition coefficient (Wildman–Crippen LogP) is 2.09. The SMILES string of the molecule is C1=C[N+]2=CC=NC2=C1.c1ccc2[nH]cnc2c1. The molecule has 0 saturated heterocycles. The lowest BCUT2D eigenvalue weighted by molar-refractivity contribution is -0.386. The molecule has 0 radical (unpaired) electrons. The largest absolute Gasteiger partial charge is 0.345 e. The van der Waals surface area contributed by atoms with Crippen LogP contribution in [0.25, 0.3) is 11.0 Å². The van der Waals surface area contributed by atoms with Crippen molar-refractivity contribution in [2.24, 2.45) is 4.99 Å². The van der Waals surface area contributed by atoms with Crippen LogP contribution in [0.15, 0.2) is 59.8 Å². The zero-order valence-electron chi connectivity index (χ0n) is 9.12. The highest BCUT2D eigenvalue weighted by atomic mass is 15.1. The Morgan fingerprint density at radius 1 is 1.18 bits per heavy atom. The molecule has 0 atom stereocenters. The lowest BCUT2D eigenvalue weighted by Gasteiger charge is -1.81. The van der Waals surface area contributed by atoms with Gasteiger partial charge in [-0.05, 0) is 23.2 Å². The Morgan fingerprint density at radius 3 is 3.00 bits per heavy atom. The van der Waals surface area contributed by atoms with E-state index in [4.69, 9.17) is 0 Å². The van der Waals surface area contributed by atoms with Crippen LogP contribution in [0.3, 0.4) is 0 Å². The molecule has 4 heteroatoms. The second-order valence-electron chi connectivity index (χ2n) is 3.62. The van der Waals surface area contributed by atoms with E-state index >= 15 is 0 Å². The molecule has 1 aromatic heterocycles. The summed E-state index contributed by atoms with van der Waals surface area (Å²) in [6, 6.07) is 7.94. The number of aromatic amines is 1. The molecule has 2 aromatic rings. The zero-order chi connectivity index (χ0) is 11.5. The second kappa shape index (κ2) is 4.17. The maximum absolute atomic E-state index is 4.06. The number of fused-ring (bicyclic) bond motifs is 2. The molecule has 17 heavy (non-hydrogen) atoms. The first-order chi connectivity index (χ1) is 8.43. The van der Waals surface area contributed by atoms with Crippen molar-refractivity contribution in [1.29, 1.82) is 0 Å². The summed E-state index contributed by atoms with van der Waals surface area (Å²) in [5.41, 5.74) is 2.12. The molecule has 82 valence electrons. The number of hydrogen-bond donors (Lipinski definition) is 1. The van der Waals surface area contributed by atoms with Crippen molar-refractivity contribution < 1.29 is 4.58 Å². The molecule has 4 rings (SSSR count). The van der Waals surface area contributed by atoms with Crippen LogP contribution >= 0.6 is 0 Å². The Kier molecular flexibility index (Phi) is 2.38. The maximum atomic E-state index is 4.06. The summed E-state index contributed by atoms with van der Waals surface area (Å²) < 4.78 is 1.97.